The van der Waals surface area contributed by atoms with Crippen LogP contribution in [0.3, 0.4) is 0 Å². The zero-order valence-corrected chi connectivity index (χ0v) is 13.0. The molecule has 0 saturated carbocycles. The molecule has 0 radical (unpaired) electrons. The van der Waals surface area contributed by atoms with Gasteiger partial charge in [-0.25, -0.2) is 4.98 Å². The number of aromatic hydroxyl groups is 1. The highest BCUT2D eigenvalue weighted by molar-refractivity contribution is 5.93. The van der Waals surface area contributed by atoms with E-state index in [9.17, 15) is 14.7 Å². The van der Waals surface area contributed by atoms with Crippen molar-refractivity contribution in [2.75, 3.05) is 5.32 Å². The lowest BCUT2D eigenvalue weighted by Gasteiger charge is -2.10. The zero-order valence-electron chi connectivity index (χ0n) is 13.0. The molecular formula is C15H19N5O3. The second kappa shape index (κ2) is 7.39. The average Bonchev–Trinajstić information content (AvgIpc) is 2.92. The molecule has 2 rings (SSSR count). The molecule has 0 unspecified atom stereocenters. The molecule has 8 heteroatoms. The van der Waals surface area contributed by atoms with Gasteiger partial charge in [0.05, 0.1) is 6.04 Å². The summed E-state index contributed by atoms with van der Waals surface area (Å²) in [5.41, 5.74) is 0.486. The van der Waals surface area contributed by atoms with Crippen LogP contribution in [0.4, 0.5) is 5.69 Å². The van der Waals surface area contributed by atoms with Crippen LogP contribution in [0.25, 0.3) is 0 Å². The van der Waals surface area contributed by atoms with E-state index in [1.807, 2.05) is 0 Å². The minimum absolute atomic E-state index is 0.0429. The van der Waals surface area contributed by atoms with Crippen molar-refractivity contribution in [2.45, 2.75) is 32.7 Å². The van der Waals surface area contributed by atoms with Crippen molar-refractivity contribution in [3.63, 3.8) is 0 Å². The molecule has 23 heavy (non-hydrogen) atoms. The molecule has 0 aliphatic heterocycles. The summed E-state index contributed by atoms with van der Waals surface area (Å²) in [4.78, 5) is 27.8. The van der Waals surface area contributed by atoms with Gasteiger partial charge in [-0.3, -0.25) is 14.7 Å². The predicted octanol–water partition coefficient (Wildman–Crippen LogP) is 1.41. The Morgan fingerprint density at radius 2 is 2.04 bits per heavy atom. The molecule has 4 N–H and O–H groups in total. The number of amides is 2. The fourth-order valence-electron chi connectivity index (χ4n) is 1.97. The van der Waals surface area contributed by atoms with Crippen LogP contribution in [0.5, 0.6) is 5.75 Å². The number of aromatic amines is 1. The minimum atomic E-state index is -0.332. The lowest BCUT2D eigenvalue weighted by molar-refractivity contribution is -0.124. The van der Waals surface area contributed by atoms with E-state index < -0.39 is 0 Å². The molecule has 0 aliphatic rings. The van der Waals surface area contributed by atoms with Crippen LogP contribution in [0.1, 0.15) is 37.5 Å². The summed E-state index contributed by atoms with van der Waals surface area (Å²) in [6.07, 6.45) is 0.0969. The maximum absolute atomic E-state index is 11.8. The number of hydrogen-bond donors (Lipinski definition) is 4. The van der Waals surface area contributed by atoms with Gasteiger partial charge in [-0.1, -0.05) is 6.07 Å². The summed E-state index contributed by atoms with van der Waals surface area (Å²) < 4.78 is 0. The maximum atomic E-state index is 11.8. The topological polar surface area (TPSA) is 120 Å². The van der Waals surface area contributed by atoms with E-state index in [1.54, 1.807) is 26.0 Å². The molecule has 2 amide bonds. The summed E-state index contributed by atoms with van der Waals surface area (Å²) in [5.74, 6) is 0.681. The third-order valence-electron chi connectivity index (χ3n) is 3.09. The highest BCUT2D eigenvalue weighted by atomic mass is 16.3. The Labute approximate surface area is 133 Å². The number of phenolic OH excluding ortho intramolecular Hbond substituents is 1. The summed E-state index contributed by atoms with van der Waals surface area (Å²) in [6.45, 7) is 3.55. The van der Waals surface area contributed by atoms with Crippen LogP contribution in [-0.4, -0.2) is 32.1 Å². The highest BCUT2D eigenvalue weighted by Crippen LogP contribution is 2.15. The highest BCUT2D eigenvalue weighted by Gasteiger charge is 2.14. The molecule has 1 heterocycles. The van der Waals surface area contributed by atoms with Gasteiger partial charge < -0.3 is 15.7 Å². The summed E-state index contributed by atoms with van der Waals surface area (Å²) >= 11 is 0. The van der Waals surface area contributed by atoms with Crippen LogP contribution >= 0.6 is 0 Å². The fraction of sp³-hybridized carbons (Fsp3) is 0.333. The predicted molar refractivity (Wildman–Crippen MR) is 83.6 cm³/mol. The molecule has 8 nitrogen and oxygen atoms in total. The molecule has 0 bridgehead atoms. The van der Waals surface area contributed by atoms with E-state index in [1.165, 1.54) is 12.1 Å². The first-order valence-electron chi connectivity index (χ1n) is 7.21. The van der Waals surface area contributed by atoms with Crippen molar-refractivity contribution in [1.82, 2.24) is 20.5 Å². The Bertz CT molecular complexity index is 698. The van der Waals surface area contributed by atoms with Crippen molar-refractivity contribution >= 4 is 17.5 Å². The monoisotopic (exact) mass is 317 g/mol. The molecule has 1 aromatic heterocycles. The van der Waals surface area contributed by atoms with Crippen LogP contribution in [0.2, 0.25) is 0 Å². The number of anilines is 1. The smallest absolute Gasteiger partial charge is 0.224 e. The number of carbonyl (C=O) groups excluding carboxylic acids is 2. The lowest BCUT2D eigenvalue weighted by Crippen LogP contribution is -2.28. The molecular weight excluding hydrogens is 298 g/mol. The van der Waals surface area contributed by atoms with Gasteiger partial charge in [0.2, 0.25) is 11.8 Å². The molecule has 0 spiro atoms. The van der Waals surface area contributed by atoms with E-state index in [2.05, 4.69) is 25.8 Å². The van der Waals surface area contributed by atoms with Gasteiger partial charge in [-0.05, 0) is 26.0 Å². The molecule has 0 aliphatic carbocycles. The first-order chi connectivity index (χ1) is 10.9. The van der Waals surface area contributed by atoms with Gasteiger partial charge in [0.1, 0.15) is 11.6 Å². The summed E-state index contributed by atoms with van der Waals surface area (Å²) in [5, 5.41) is 21.4. The Kier molecular flexibility index (Phi) is 5.29. The number of nitrogens with one attached hydrogen (secondary N) is 3. The largest absolute Gasteiger partial charge is 0.508 e. The number of H-pyrrole nitrogens is 1. The normalized spacial score (nSPS) is 11.7. The molecule has 0 saturated heterocycles. The van der Waals surface area contributed by atoms with Gasteiger partial charge in [-0.15, -0.1) is 0 Å². The van der Waals surface area contributed by atoms with Crippen molar-refractivity contribution in [3.8, 4) is 5.75 Å². The van der Waals surface area contributed by atoms with Crippen molar-refractivity contribution in [3.05, 3.63) is 35.9 Å². The van der Waals surface area contributed by atoms with E-state index in [0.717, 1.165) is 0 Å². The zero-order chi connectivity index (χ0) is 16.8. The second-order valence-corrected chi connectivity index (χ2v) is 5.17. The summed E-state index contributed by atoms with van der Waals surface area (Å²) in [7, 11) is 0. The fourth-order valence-corrected chi connectivity index (χ4v) is 1.97. The maximum Gasteiger partial charge on any atom is 0.224 e. The second-order valence-electron chi connectivity index (χ2n) is 5.17. The van der Waals surface area contributed by atoms with Crippen molar-refractivity contribution < 1.29 is 14.7 Å². The third-order valence-corrected chi connectivity index (χ3v) is 3.09. The van der Waals surface area contributed by atoms with Gasteiger partial charge in [0, 0.05) is 24.6 Å². The number of benzene rings is 1. The van der Waals surface area contributed by atoms with Crippen molar-refractivity contribution in [2.24, 2.45) is 0 Å². The number of carbonyl (C=O) groups is 2. The first kappa shape index (κ1) is 16.5. The quantitative estimate of drug-likeness (QED) is 0.642. The minimum Gasteiger partial charge on any atom is -0.508 e. The Morgan fingerprint density at radius 3 is 2.70 bits per heavy atom. The van der Waals surface area contributed by atoms with Crippen molar-refractivity contribution in [1.29, 1.82) is 0 Å². The number of phenols is 1. The standard InChI is InChI=1S/C15H19N5O3/c1-9(15-17-10(2)19-20-15)16-13(22)6-7-14(23)18-11-4-3-5-12(21)8-11/h3-5,8-9,21H,6-7H2,1-2H3,(H,16,22)(H,18,23)(H,17,19,20)/t9-/m0/s1. The van der Waals surface area contributed by atoms with Crippen LogP contribution in [-0.2, 0) is 9.59 Å². The number of aromatic nitrogens is 3. The SMILES string of the molecule is Cc1nc([C@H](C)NC(=O)CCC(=O)Nc2cccc(O)c2)n[nH]1. The van der Waals surface area contributed by atoms with Crippen LogP contribution < -0.4 is 10.6 Å². The Hall–Kier alpha value is -2.90. The number of aryl methyl sites for hydroxylation is 1. The first-order valence-corrected chi connectivity index (χ1v) is 7.21. The van der Waals surface area contributed by atoms with E-state index in [-0.39, 0.29) is 36.4 Å². The van der Waals surface area contributed by atoms with Gasteiger partial charge in [-0.2, -0.15) is 5.10 Å². The molecule has 122 valence electrons. The lowest BCUT2D eigenvalue weighted by atomic mass is 10.2. The summed E-state index contributed by atoms with van der Waals surface area (Å²) in [6, 6.07) is 5.89. The molecule has 0 fully saturated rings. The third kappa shape index (κ3) is 5.10. The number of nitrogens with zero attached hydrogens (tertiary/aromatic N) is 2. The molecule has 1 atom stereocenters. The number of rotatable bonds is 6. The van der Waals surface area contributed by atoms with E-state index >= 15 is 0 Å². The molecule has 2 aromatic rings. The molecule has 1 aromatic carbocycles. The average molecular weight is 317 g/mol. The van der Waals surface area contributed by atoms with Gasteiger partial charge in [0.25, 0.3) is 0 Å². The Morgan fingerprint density at radius 1 is 1.30 bits per heavy atom. The van der Waals surface area contributed by atoms with Gasteiger partial charge in [0.15, 0.2) is 5.82 Å². The van der Waals surface area contributed by atoms with Crippen LogP contribution in [0.15, 0.2) is 24.3 Å². The van der Waals surface area contributed by atoms with E-state index in [4.69, 9.17) is 0 Å². The number of hydrogen-bond acceptors (Lipinski definition) is 5. The van der Waals surface area contributed by atoms with Gasteiger partial charge >= 0.3 is 0 Å². The Balaban J connectivity index is 1.76. The van der Waals surface area contributed by atoms with E-state index in [0.29, 0.717) is 17.3 Å². The van der Waals surface area contributed by atoms with Crippen LogP contribution in [0, 0.1) is 6.92 Å².